The summed E-state index contributed by atoms with van der Waals surface area (Å²) in [7, 11) is 0. The van der Waals surface area contributed by atoms with Crippen LogP contribution in [-0.2, 0) is 11.3 Å². The van der Waals surface area contributed by atoms with Gasteiger partial charge in [-0.25, -0.2) is 0 Å². The highest BCUT2D eigenvalue weighted by atomic mass is 16.5. The van der Waals surface area contributed by atoms with Gasteiger partial charge in [-0.2, -0.15) is 0 Å². The van der Waals surface area contributed by atoms with Crippen LogP contribution in [0.2, 0.25) is 0 Å². The summed E-state index contributed by atoms with van der Waals surface area (Å²) in [6.07, 6.45) is -1.13. The molecule has 1 atom stereocenters. The van der Waals surface area contributed by atoms with Gasteiger partial charge >= 0.3 is 0 Å². The molecule has 5 nitrogen and oxygen atoms in total. The van der Waals surface area contributed by atoms with E-state index in [1.165, 1.54) is 4.90 Å². The van der Waals surface area contributed by atoms with Crippen LogP contribution in [-0.4, -0.2) is 43.8 Å². The molecular weight excluding hydrogens is 244 g/mol. The minimum atomic E-state index is -1.13. The van der Waals surface area contributed by atoms with Crippen LogP contribution >= 0.6 is 0 Å². The Morgan fingerprint density at radius 2 is 2.21 bits per heavy atom. The monoisotopic (exact) mass is 263 g/mol. The summed E-state index contributed by atoms with van der Waals surface area (Å²) >= 11 is 0. The molecule has 0 saturated carbocycles. The van der Waals surface area contributed by atoms with Gasteiger partial charge in [0, 0.05) is 32.1 Å². The minimum absolute atomic E-state index is 0.170. The van der Waals surface area contributed by atoms with Crippen LogP contribution < -0.4 is 10.4 Å². The highest BCUT2D eigenvalue weighted by Crippen LogP contribution is 2.08. The summed E-state index contributed by atoms with van der Waals surface area (Å²) < 4.78 is 5.44. The van der Waals surface area contributed by atoms with Crippen molar-refractivity contribution in [3.8, 4) is 0 Å². The van der Waals surface area contributed by atoms with Gasteiger partial charge in [-0.05, 0) is 5.56 Å². The van der Waals surface area contributed by atoms with E-state index in [1.54, 1.807) is 0 Å². The minimum Gasteiger partial charge on any atom is -0.530 e. The Hall–Kier alpha value is -1.59. The third-order valence-electron chi connectivity index (χ3n) is 3.16. The molecule has 104 valence electrons. The summed E-state index contributed by atoms with van der Waals surface area (Å²) in [5.74, 6) is 0.170. The first-order valence-corrected chi connectivity index (χ1v) is 6.54. The molecule has 1 aliphatic heterocycles. The van der Waals surface area contributed by atoms with E-state index in [-0.39, 0.29) is 5.92 Å². The lowest BCUT2D eigenvalue weighted by Crippen LogP contribution is -2.45. The molecule has 5 heteroatoms. The van der Waals surface area contributed by atoms with Crippen LogP contribution in [0.1, 0.15) is 5.56 Å². The van der Waals surface area contributed by atoms with Gasteiger partial charge in [-0.1, -0.05) is 30.3 Å². The summed E-state index contributed by atoms with van der Waals surface area (Å²) in [6.45, 7) is 3.66. The molecule has 1 saturated heterocycles. The molecule has 2 rings (SSSR count). The Labute approximate surface area is 113 Å². The lowest BCUT2D eigenvalue weighted by Gasteiger charge is -2.29. The number of nitrogens with one attached hydrogen (secondary N) is 1. The van der Waals surface area contributed by atoms with Gasteiger partial charge in [-0.3, -0.25) is 0 Å². The van der Waals surface area contributed by atoms with E-state index in [0.717, 1.165) is 18.7 Å². The molecule has 0 spiro atoms. The maximum absolute atomic E-state index is 11.2. The molecule has 0 aliphatic carbocycles. The Morgan fingerprint density at radius 1 is 1.42 bits per heavy atom. The molecule has 0 bridgehead atoms. The van der Waals surface area contributed by atoms with Crippen molar-refractivity contribution in [3.63, 3.8) is 0 Å². The standard InChI is InChI=1S/C14H20N2O3/c17-14(18)16(9-12-4-2-1-3-5-12)10-13-8-15-6-7-19-11-13/h1-5,13,15H,6-11H2,(H,17,18)/p-1. The predicted octanol–water partition coefficient (Wildman–Crippen LogP) is 0.0679. The van der Waals surface area contributed by atoms with Gasteiger partial charge in [0.2, 0.25) is 0 Å². The van der Waals surface area contributed by atoms with Gasteiger partial charge in [-0.15, -0.1) is 0 Å². The fourth-order valence-corrected chi connectivity index (χ4v) is 2.20. The summed E-state index contributed by atoms with van der Waals surface area (Å²) in [5.41, 5.74) is 0.967. The van der Waals surface area contributed by atoms with E-state index in [4.69, 9.17) is 4.74 Å². The van der Waals surface area contributed by atoms with Crippen LogP contribution in [0, 0.1) is 5.92 Å². The van der Waals surface area contributed by atoms with Gasteiger partial charge in [0.25, 0.3) is 0 Å². The lowest BCUT2D eigenvalue weighted by atomic mass is 10.1. The SMILES string of the molecule is O=C([O-])N(Cc1ccccc1)CC1CNCCOC1. The number of hydrogen-bond acceptors (Lipinski definition) is 4. The summed E-state index contributed by atoms with van der Waals surface area (Å²) in [5, 5.41) is 14.5. The van der Waals surface area contributed by atoms with Crippen molar-refractivity contribution < 1.29 is 14.6 Å². The van der Waals surface area contributed by atoms with Gasteiger partial charge in [0.05, 0.1) is 13.2 Å². The molecule has 1 aliphatic rings. The van der Waals surface area contributed by atoms with Crippen LogP contribution in [0.5, 0.6) is 0 Å². The number of nitrogens with zero attached hydrogens (tertiary/aromatic N) is 1. The molecule has 0 radical (unpaired) electrons. The molecule has 1 unspecified atom stereocenters. The highest BCUT2D eigenvalue weighted by molar-refractivity contribution is 5.62. The predicted molar refractivity (Wildman–Crippen MR) is 69.4 cm³/mol. The average Bonchev–Trinajstić information content (AvgIpc) is 2.68. The molecule has 1 aromatic carbocycles. The van der Waals surface area contributed by atoms with E-state index < -0.39 is 6.09 Å². The van der Waals surface area contributed by atoms with Crippen molar-refractivity contribution in [2.75, 3.05) is 32.8 Å². The van der Waals surface area contributed by atoms with Crippen molar-refractivity contribution in [2.45, 2.75) is 6.54 Å². The topological polar surface area (TPSA) is 64.6 Å². The molecule has 1 aromatic rings. The number of carbonyl (C=O) groups is 1. The maximum atomic E-state index is 11.2. The van der Waals surface area contributed by atoms with E-state index >= 15 is 0 Å². The third-order valence-corrected chi connectivity index (χ3v) is 3.16. The fraction of sp³-hybridized carbons (Fsp3) is 0.500. The maximum Gasteiger partial charge on any atom is 0.137 e. The van der Waals surface area contributed by atoms with E-state index in [9.17, 15) is 9.90 Å². The van der Waals surface area contributed by atoms with Crippen molar-refractivity contribution in [1.82, 2.24) is 10.2 Å². The molecule has 1 heterocycles. The fourth-order valence-electron chi connectivity index (χ4n) is 2.20. The van der Waals surface area contributed by atoms with E-state index in [0.29, 0.717) is 26.3 Å². The number of carboxylic acid groups (broad SMARTS) is 1. The second-order valence-electron chi connectivity index (χ2n) is 4.78. The number of ether oxygens (including phenoxy) is 1. The molecule has 0 aromatic heterocycles. The number of carbonyl (C=O) groups excluding carboxylic acids is 1. The Kier molecular flexibility index (Phi) is 5.18. The number of hydrogen-bond donors (Lipinski definition) is 1. The zero-order valence-corrected chi connectivity index (χ0v) is 10.9. The second-order valence-corrected chi connectivity index (χ2v) is 4.78. The number of amides is 1. The van der Waals surface area contributed by atoms with Crippen molar-refractivity contribution in [3.05, 3.63) is 35.9 Å². The van der Waals surface area contributed by atoms with Gasteiger partial charge in [0.1, 0.15) is 6.09 Å². The van der Waals surface area contributed by atoms with Crippen LogP contribution in [0.4, 0.5) is 4.79 Å². The number of rotatable bonds is 4. The first kappa shape index (κ1) is 13.8. The van der Waals surface area contributed by atoms with Crippen molar-refractivity contribution >= 4 is 6.09 Å². The van der Waals surface area contributed by atoms with E-state index in [2.05, 4.69) is 5.32 Å². The molecular formula is C14H19N2O3-. The molecule has 1 fully saturated rings. The van der Waals surface area contributed by atoms with E-state index in [1.807, 2.05) is 30.3 Å². The molecule has 1 N–H and O–H groups in total. The number of benzene rings is 1. The zero-order chi connectivity index (χ0) is 13.5. The largest absolute Gasteiger partial charge is 0.530 e. The zero-order valence-electron chi connectivity index (χ0n) is 10.9. The first-order valence-electron chi connectivity index (χ1n) is 6.54. The van der Waals surface area contributed by atoms with Gasteiger partial charge < -0.3 is 24.9 Å². The van der Waals surface area contributed by atoms with Crippen molar-refractivity contribution in [1.29, 1.82) is 0 Å². The third kappa shape index (κ3) is 4.54. The Balaban J connectivity index is 1.94. The Bertz CT molecular complexity index is 389. The van der Waals surface area contributed by atoms with Crippen LogP contribution in [0.15, 0.2) is 30.3 Å². The van der Waals surface area contributed by atoms with Crippen LogP contribution in [0.25, 0.3) is 0 Å². The van der Waals surface area contributed by atoms with Crippen LogP contribution in [0.3, 0.4) is 0 Å². The smallest absolute Gasteiger partial charge is 0.137 e. The molecule has 1 amide bonds. The molecule has 19 heavy (non-hydrogen) atoms. The first-order chi connectivity index (χ1) is 9.25. The lowest BCUT2D eigenvalue weighted by molar-refractivity contribution is -0.267. The average molecular weight is 263 g/mol. The summed E-state index contributed by atoms with van der Waals surface area (Å²) in [4.78, 5) is 12.6. The highest BCUT2D eigenvalue weighted by Gasteiger charge is 2.16. The second kappa shape index (κ2) is 7.11. The summed E-state index contributed by atoms with van der Waals surface area (Å²) in [6, 6.07) is 9.55. The quantitative estimate of drug-likeness (QED) is 0.835. The van der Waals surface area contributed by atoms with Gasteiger partial charge in [0.15, 0.2) is 0 Å². The van der Waals surface area contributed by atoms with Crippen molar-refractivity contribution in [2.24, 2.45) is 5.92 Å². The normalized spacial score (nSPS) is 19.7. The Morgan fingerprint density at radius 3 is 2.95 bits per heavy atom.